The zero-order valence-corrected chi connectivity index (χ0v) is 12.5. The summed E-state index contributed by atoms with van der Waals surface area (Å²) in [7, 11) is 0. The summed E-state index contributed by atoms with van der Waals surface area (Å²) in [5.41, 5.74) is 1.05. The molecule has 6 heteroatoms. The highest BCUT2D eigenvalue weighted by Gasteiger charge is 2.26. The maximum atomic E-state index is 4.58. The van der Waals surface area contributed by atoms with Gasteiger partial charge in [-0.3, -0.25) is 4.68 Å². The Kier molecular flexibility index (Phi) is 3.31. The highest BCUT2D eigenvalue weighted by atomic mass is 32.1. The number of aromatic nitrogens is 4. The smallest absolute Gasteiger partial charge is 0.150 e. The van der Waals surface area contributed by atoms with E-state index in [9.17, 15) is 0 Å². The molecule has 0 unspecified atom stereocenters. The van der Waals surface area contributed by atoms with E-state index >= 15 is 0 Å². The number of anilines is 1. The van der Waals surface area contributed by atoms with Gasteiger partial charge in [-0.1, -0.05) is 0 Å². The van der Waals surface area contributed by atoms with Crippen LogP contribution in [0.2, 0.25) is 0 Å². The molecule has 1 aliphatic heterocycles. The van der Waals surface area contributed by atoms with Crippen LogP contribution >= 0.6 is 11.3 Å². The van der Waals surface area contributed by atoms with Crippen molar-refractivity contribution in [2.75, 3.05) is 11.4 Å². The third kappa shape index (κ3) is 2.40. The first kappa shape index (κ1) is 12.8. The van der Waals surface area contributed by atoms with Crippen molar-refractivity contribution in [1.82, 2.24) is 19.7 Å². The second-order valence-electron chi connectivity index (χ2n) is 5.40. The van der Waals surface area contributed by atoms with Gasteiger partial charge in [0.15, 0.2) is 0 Å². The van der Waals surface area contributed by atoms with Crippen LogP contribution < -0.4 is 4.90 Å². The van der Waals surface area contributed by atoms with E-state index in [0.29, 0.717) is 6.04 Å². The Hall–Kier alpha value is -1.95. The predicted molar refractivity (Wildman–Crippen MR) is 84.6 cm³/mol. The van der Waals surface area contributed by atoms with Crippen molar-refractivity contribution in [3.63, 3.8) is 0 Å². The fourth-order valence-corrected chi connectivity index (χ4v) is 3.92. The Morgan fingerprint density at radius 2 is 2.29 bits per heavy atom. The van der Waals surface area contributed by atoms with E-state index in [1.807, 2.05) is 23.1 Å². The zero-order valence-electron chi connectivity index (χ0n) is 11.7. The minimum atomic E-state index is 0.457. The number of piperidine rings is 1. The van der Waals surface area contributed by atoms with Gasteiger partial charge in [0.2, 0.25) is 0 Å². The number of hydrogen-bond donors (Lipinski definition) is 0. The Morgan fingerprint density at radius 1 is 1.29 bits per heavy atom. The molecule has 0 N–H and O–H groups in total. The predicted octanol–water partition coefficient (Wildman–Crippen LogP) is 2.95. The molecule has 3 aromatic rings. The molecular formula is C15H17N5S. The Morgan fingerprint density at radius 3 is 3.19 bits per heavy atom. The minimum absolute atomic E-state index is 0.457. The van der Waals surface area contributed by atoms with Crippen molar-refractivity contribution in [2.24, 2.45) is 0 Å². The summed E-state index contributed by atoms with van der Waals surface area (Å²) in [6.45, 7) is 1.99. The van der Waals surface area contributed by atoms with Gasteiger partial charge in [-0.25, -0.2) is 9.97 Å². The molecule has 21 heavy (non-hydrogen) atoms. The molecule has 108 valence electrons. The lowest BCUT2D eigenvalue weighted by molar-refractivity contribution is 0.397. The van der Waals surface area contributed by atoms with Crippen molar-refractivity contribution in [1.29, 1.82) is 0 Å². The molecule has 0 spiro atoms. The molecule has 4 heterocycles. The molecule has 4 rings (SSSR count). The van der Waals surface area contributed by atoms with E-state index in [4.69, 9.17) is 0 Å². The lowest BCUT2D eigenvalue weighted by Gasteiger charge is -2.36. The topological polar surface area (TPSA) is 46.8 Å². The molecular weight excluding hydrogens is 282 g/mol. The van der Waals surface area contributed by atoms with E-state index in [-0.39, 0.29) is 0 Å². The molecule has 0 bridgehead atoms. The van der Waals surface area contributed by atoms with Crippen LogP contribution in [0, 0.1) is 0 Å². The quantitative estimate of drug-likeness (QED) is 0.746. The molecule has 5 nitrogen and oxygen atoms in total. The van der Waals surface area contributed by atoms with E-state index in [0.717, 1.165) is 24.4 Å². The summed E-state index contributed by atoms with van der Waals surface area (Å²) < 4.78 is 3.22. The fourth-order valence-electron chi connectivity index (χ4n) is 3.07. The molecule has 0 aromatic carbocycles. The molecule has 0 amide bonds. The Balaban J connectivity index is 1.68. The van der Waals surface area contributed by atoms with Gasteiger partial charge in [0.05, 0.1) is 22.8 Å². The largest absolute Gasteiger partial charge is 0.350 e. The third-order valence-corrected chi connectivity index (χ3v) is 4.98. The average Bonchev–Trinajstić information content (AvgIpc) is 3.18. The first-order valence-corrected chi connectivity index (χ1v) is 8.22. The lowest BCUT2D eigenvalue weighted by Crippen LogP contribution is -2.42. The molecule has 0 aliphatic carbocycles. The first-order chi connectivity index (χ1) is 10.4. The normalized spacial score (nSPS) is 19.2. The van der Waals surface area contributed by atoms with Crippen LogP contribution in [0.1, 0.15) is 19.3 Å². The van der Waals surface area contributed by atoms with Crippen LogP contribution in [0.25, 0.3) is 10.2 Å². The summed E-state index contributed by atoms with van der Waals surface area (Å²) in [4.78, 5) is 11.4. The van der Waals surface area contributed by atoms with E-state index in [2.05, 4.69) is 31.4 Å². The maximum absolute atomic E-state index is 4.58. The van der Waals surface area contributed by atoms with Crippen LogP contribution in [0.4, 0.5) is 5.82 Å². The van der Waals surface area contributed by atoms with E-state index in [1.54, 1.807) is 17.7 Å². The third-order valence-electron chi connectivity index (χ3n) is 4.08. The van der Waals surface area contributed by atoms with Gasteiger partial charge < -0.3 is 4.90 Å². The summed E-state index contributed by atoms with van der Waals surface area (Å²) in [5.74, 6) is 1.09. The molecule has 0 radical (unpaired) electrons. The Labute approximate surface area is 127 Å². The first-order valence-electron chi connectivity index (χ1n) is 7.34. The van der Waals surface area contributed by atoms with Gasteiger partial charge in [0, 0.05) is 18.9 Å². The highest BCUT2D eigenvalue weighted by Crippen LogP contribution is 2.32. The Bertz CT molecular complexity index is 721. The fraction of sp³-hybridized carbons (Fsp3) is 0.400. The van der Waals surface area contributed by atoms with Gasteiger partial charge in [-0.15, -0.1) is 11.3 Å². The summed E-state index contributed by atoms with van der Waals surface area (Å²) in [6, 6.07) is 4.51. The summed E-state index contributed by atoms with van der Waals surface area (Å²) in [5, 5.41) is 6.44. The van der Waals surface area contributed by atoms with Crippen LogP contribution in [-0.2, 0) is 6.54 Å². The van der Waals surface area contributed by atoms with Gasteiger partial charge in [-0.2, -0.15) is 5.10 Å². The van der Waals surface area contributed by atoms with Crippen LogP contribution in [0.5, 0.6) is 0 Å². The van der Waals surface area contributed by atoms with Crippen molar-refractivity contribution in [3.8, 4) is 0 Å². The van der Waals surface area contributed by atoms with E-state index in [1.165, 1.54) is 24.0 Å². The summed E-state index contributed by atoms with van der Waals surface area (Å²) in [6.07, 6.45) is 9.26. The van der Waals surface area contributed by atoms with Gasteiger partial charge >= 0.3 is 0 Å². The van der Waals surface area contributed by atoms with Gasteiger partial charge in [0.1, 0.15) is 12.1 Å². The lowest BCUT2D eigenvalue weighted by atomic mass is 10.0. The zero-order chi connectivity index (χ0) is 14.1. The van der Waals surface area contributed by atoms with Crippen LogP contribution in [0.15, 0.2) is 36.2 Å². The molecule has 1 aliphatic rings. The van der Waals surface area contributed by atoms with Crippen molar-refractivity contribution in [3.05, 3.63) is 36.2 Å². The highest BCUT2D eigenvalue weighted by molar-refractivity contribution is 7.17. The molecule has 3 aromatic heterocycles. The second-order valence-corrected chi connectivity index (χ2v) is 6.32. The minimum Gasteiger partial charge on any atom is -0.350 e. The SMILES string of the molecule is c1cnn(C[C@H]2CCCCN2c2ncnc3ccsc23)c1. The molecule has 1 fully saturated rings. The molecule has 1 saturated heterocycles. The van der Waals surface area contributed by atoms with Crippen molar-refractivity contribution < 1.29 is 0 Å². The average molecular weight is 299 g/mol. The van der Waals surface area contributed by atoms with Gasteiger partial charge in [-0.05, 0) is 36.8 Å². The summed E-state index contributed by atoms with van der Waals surface area (Å²) >= 11 is 1.73. The van der Waals surface area contributed by atoms with Gasteiger partial charge in [0.25, 0.3) is 0 Å². The molecule has 1 atom stereocenters. The van der Waals surface area contributed by atoms with E-state index < -0.39 is 0 Å². The number of fused-ring (bicyclic) bond motifs is 1. The second kappa shape index (κ2) is 5.44. The monoisotopic (exact) mass is 299 g/mol. The maximum Gasteiger partial charge on any atom is 0.150 e. The number of nitrogens with zero attached hydrogens (tertiary/aromatic N) is 5. The number of thiophene rings is 1. The number of rotatable bonds is 3. The standard InChI is InChI=1S/C15H17N5S/c1-2-8-20(12(4-1)10-19-7-3-6-18-19)15-14-13(5-9-21-14)16-11-17-15/h3,5-7,9,11-12H,1-2,4,8,10H2/t12-/m1/s1. The van der Waals surface area contributed by atoms with Crippen LogP contribution in [-0.4, -0.2) is 32.3 Å². The number of hydrogen-bond acceptors (Lipinski definition) is 5. The van der Waals surface area contributed by atoms with Crippen molar-refractivity contribution >= 4 is 27.4 Å². The molecule has 0 saturated carbocycles. The van der Waals surface area contributed by atoms with Crippen molar-refractivity contribution in [2.45, 2.75) is 31.8 Å². The van der Waals surface area contributed by atoms with Crippen LogP contribution in [0.3, 0.4) is 0 Å².